The molecule has 6 nitrogen and oxygen atoms in total. The van der Waals surface area contributed by atoms with Gasteiger partial charge in [0.2, 0.25) is 0 Å². The number of aromatic nitrogens is 3. The smallest absolute Gasteiger partial charge is 0.256 e. The van der Waals surface area contributed by atoms with Gasteiger partial charge in [0.05, 0.1) is 30.0 Å². The van der Waals surface area contributed by atoms with E-state index < -0.39 is 0 Å². The Hall–Kier alpha value is -1.95. The van der Waals surface area contributed by atoms with Crippen molar-refractivity contribution in [2.24, 2.45) is 7.05 Å². The van der Waals surface area contributed by atoms with Crippen LogP contribution in [-0.2, 0) is 11.8 Å². The van der Waals surface area contributed by atoms with Crippen LogP contribution in [0.3, 0.4) is 0 Å². The van der Waals surface area contributed by atoms with Gasteiger partial charge in [0.25, 0.3) is 5.91 Å². The predicted octanol–water partition coefficient (Wildman–Crippen LogP) is 1.53. The van der Waals surface area contributed by atoms with Gasteiger partial charge in [0, 0.05) is 25.2 Å². The summed E-state index contributed by atoms with van der Waals surface area (Å²) in [6.45, 7) is 7.71. The zero-order valence-corrected chi connectivity index (χ0v) is 12.9. The minimum absolute atomic E-state index is 0.000882. The minimum atomic E-state index is -0.297. The Bertz CT molecular complexity index is 705. The average molecular weight is 288 g/mol. The van der Waals surface area contributed by atoms with E-state index in [9.17, 15) is 4.79 Å². The van der Waals surface area contributed by atoms with Crippen molar-refractivity contribution in [3.8, 4) is 0 Å². The molecular weight excluding hydrogens is 268 g/mol. The van der Waals surface area contributed by atoms with Crippen LogP contribution in [0.2, 0.25) is 0 Å². The molecule has 0 spiro atoms. The van der Waals surface area contributed by atoms with E-state index in [2.05, 4.69) is 10.1 Å². The summed E-state index contributed by atoms with van der Waals surface area (Å²) in [4.78, 5) is 19.0. The maximum absolute atomic E-state index is 12.8. The van der Waals surface area contributed by atoms with Gasteiger partial charge in [-0.05, 0) is 26.8 Å². The lowest BCUT2D eigenvalue weighted by Gasteiger charge is -2.42. The van der Waals surface area contributed by atoms with Gasteiger partial charge in [-0.2, -0.15) is 5.10 Å². The lowest BCUT2D eigenvalue weighted by atomic mass is 10.0. The minimum Gasteiger partial charge on any atom is -0.377 e. The molecule has 0 saturated carbocycles. The standard InChI is InChI=1S/C15H20N4O2/c1-10-12-7-11(8-16-13(12)18(4)17-10)14(20)19-5-6-21-9-15(19,2)3/h7-8H,5-6,9H2,1-4H3. The van der Waals surface area contributed by atoms with Crippen molar-refractivity contribution in [2.75, 3.05) is 19.8 Å². The monoisotopic (exact) mass is 288 g/mol. The van der Waals surface area contributed by atoms with Crippen molar-refractivity contribution in [3.63, 3.8) is 0 Å². The fraction of sp³-hybridized carbons (Fsp3) is 0.533. The van der Waals surface area contributed by atoms with Crippen molar-refractivity contribution in [1.29, 1.82) is 0 Å². The van der Waals surface area contributed by atoms with Gasteiger partial charge in [-0.15, -0.1) is 0 Å². The predicted molar refractivity (Wildman–Crippen MR) is 79.2 cm³/mol. The normalized spacial score (nSPS) is 18.2. The van der Waals surface area contributed by atoms with E-state index in [0.717, 1.165) is 16.7 Å². The molecule has 6 heteroatoms. The molecule has 21 heavy (non-hydrogen) atoms. The summed E-state index contributed by atoms with van der Waals surface area (Å²) in [6.07, 6.45) is 1.64. The summed E-state index contributed by atoms with van der Waals surface area (Å²) < 4.78 is 7.20. The lowest BCUT2D eigenvalue weighted by Crippen LogP contribution is -2.55. The van der Waals surface area contributed by atoms with Crippen molar-refractivity contribution in [1.82, 2.24) is 19.7 Å². The average Bonchev–Trinajstić information content (AvgIpc) is 2.72. The van der Waals surface area contributed by atoms with Gasteiger partial charge in [0.15, 0.2) is 5.65 Å². The molecule has 0 N–H and O–H groups in total. The maximum Gasteiger partial charge on any atom is 0.256 e. The number of ether oxygens (including phenoxy) is 1. The van der Waals surface area contributed by atoms with E-state index in [-0.39, 0.29) is 11.4 Å². The number of rotatable bonds is 1. The zero-order valence-electron chi connectivity index (χ0n) is 12.9. The van der Waals surface area contributed by atoms with Crippen LogP contribution in [0.1, 0.15) is 29.9 Å². The van der Waals surface area contributed by atoms with E-state index >= 15 is 0 Å². The van der Waals surface area contributed by atoms with Crippen LogP contribution in [0.25, 0.3) is 11.0 Å². The van der Waals surface area contributed by atoms with Crippen LogP contribution < -0.4 is 0 Å². The van der Waals surface area contributed by atoms with E-state index in [4.69, 9.17) is 4.74 Å². The number of fused-ring (bicyclic) bond motifs is 1. The first-order valence-corrected chi connectivity index (χ1v) is 7.09. The zero-order chi connectivity index (χ0) is 15.2. The molecule has 0 unspecified atom stereocenters. The highest BCUT2D eigenvalue weighted by Crippen LogP contribution is 2.23. The van der Waals surface area contributed by atoms with Gasteiger partial charge in [0.1, 0.15) is 0 Å². The molecule has 3 heterocycles. The Morgan fingerprint density at radius 1 is 1.43 bits per heavy atom. The lowest BCUT2D eigenvalue weighted by molar-refractivity contribution is -0.0370. The van der Waals surface area contributed by atoms with Gasteiger partial charge < -0.3 is 9.64 Å². The van der Waals surface area contributed by atoms with Crippen molar-refractivity contribution in [3.05, 3.63) is 23.5 Å². The molecule has 0 bridgehead atoms. The summed E-state index contributed by atoms with van der Waals surface area (Å²) in [5.41, 5.74) is 1.99. The summed E-state index contributed by atoms with van der Waals surface area (Å²) in [5, 5.41) is 5.27. The number of hydrogen-bond donors (Lipinski definition) is 0. The molecule has 3 rings (SSSR count). The summed E-state index contributed by atoms with van der Waals surface area (Å²) in [5.74, 6) is 0.000882. The van der Waals surface area contributed by atoms with Crippen LogP contribution >= 0.6 is 0 Å². The Balaban J connectivity index is 1.99. The van der Waals surface area contributed by atoms with Crippen molar-refractivity contribution >= 4 is 16.9 Å². The first kappa shape index (κ1) is 14.0. The number of hydrogen-bond acceptors (Lipinski definition) is 4. The number of carbonyl (C=O) groups excluding carboxylic acids is 1. The molecule has 0 aromatic carbocycles. The topological polar surface area (TPSA) is 60.2 Å². The van der Waals surface area contributed by atoms with Gasteiger partial charge >= 0.3 is 0 Å². The number of carbonyl (C=O) groups is 1. The highest BCUT2D eigenvalue weighted by atomic mass is 16.5. The number of morpholine rings is 1. The largest absolute Gasteiger partial charge is 0.377 e. The SMILES string of the molecule is Cc1nn(C)c2ncc(C(=O)N3CCOCC3(C)C)cc12. The summed E-state index contributed by atoms with van der Waals surface area (Å²) in [6, 6.07) is 1.89. The number of pyridine rings is 1. The van der Waals surface area contributed by atoms with Crippen LogP contribution in [0.4, 0.5) is 0 Å². The first-order chi connectivity index (χ1) is 9.90. The molecule has 1 amide bonds. The third kappa shape index (κ3) is 2.29. The van der Waals surface area contributed by atoms with Gasteiger partial charge in [-0.25, -0.2) is 4.98 Å². The Labute approximate surface area is 123 Å². The Morgan fingerprint density at radius 3 is 2.90 bits per heavy atom. The molecule has 1 aliphatic rings. The van der Waals surface area contributed by atoms with Crippen LogP contribution in [-0.4, -0.2) is 50.9 Å². The van der Waals surface area contributed by atoms with Crippen molar-refractivity contribution < 1.29 is 9.53 Å². The number of nitrogens with zero attached hydrogens (tertiary/aromatic N) is 4. The van der Waals surface area contributed by atoms with E-state index in [1.807, 2.05) is 38.8 Å². The van der Waals surface area contributed by atoms with Crippen LogP contribution in [0.5, 0.6) is 0 Å². The van der Waals surface area contributed by atoms with E-state index in [1.54, 1.807) is 10.9 Å². The summed E-state index contributed by atoms with van der Waals surface area (Å²) >= 11 is 0. The van der Waals surface area contributed by atoms with Crippen molar-refractivity contribution in [2.45, 2.75) is 26.3 Å². The molecule has 112 valence electrons. The molecule has 2 aromatic rings. The first-order valence-electron chi connectivity index (χ1n) is 7.09. The molecule has 1 fully saturated rings. The van der Waals surface area contributed by atoms with E-state index in [1.165, 1.54) is 0 Å². The fourth-order valence-electron chi connectivity index (χ4n) is 2.82. The third-order valence-electron chi connectivity index (χ3n) is 4.00. The third-order valence-corrected chi connectivity index (χ3v) is 4.00. The molecular formula is C15H20N4O2. The summed E-state index contributed by atoms with van der Waals surface area (Å²) in [7, 11) is 1.86. The Morgan fingerprint density at radius 2 is 2.19 bits per heavy atom. The number of aryl methyl sites for hydroxylation is 2. The second-order valence-electron chi connectivity index (χ2n) is 6.13. The second kappa shape index (κ2) is 4.80. The fourth-order valence-corrected chi connectivity index (χ4v) is 2.82. The van der Waals surface area contributed by atoms with Gasteiger partial charge in [-0.3, -0.25) is 9.48 Å². The molecule has 1 aliphatic heterocycles. The quantitative estimate of drug-likeness (QED) is 0.798. The molecule has 0 atom stereocenters. The highest BCUT2D eigenvalue weighted by Gasteiger charge is 2.34. The number of amides is 1. The molecule has 0 radical (unpaired) electrons. The highest BCUT2D eigenvalue weighted by molar-refractivity contribution is 5.97. The van der Waals surface area contributed by atoms with Crippen LogP contribution in [0, 0.1) is 6.92 Å². The molecule has 0 aliphatic carbocycles. The maximum atomic E-state index is 12.8. The Kier molecular flexibility index (Phi) is 3.20. The van der Waals surface area contributed by atoms with Crippen LogP contribution in [0.15, 0.2) is 12.3 Å². The molecule has 1 saturated heterocycles. The van der Waals surface area contributed by atoms with E-state index in [0.29, 0.717) is 25.3 Å². The molecule has 2 aromatic heterocycles. The van der Waals surface area contributed by atoms with Gasteiger partial charge in [-0.1, -0.05) is 0 Å². The second-order valence-corrected chi connectivity index (χ2v) is 6.13.